The lowest BCUT2D eigenvalue weighted by Gasteiger charge is -2.27. The average molecular weight is 295 g/mol. The molecule has 4 atom stereocenters. The van der Waals surface area contributed by atoms with Crippen LogP contribution in [0.4, 0.5) is 0 Å². The molecule has 0 saturated heterocycles. The summed E-state index contributed by atoms with van der Waals surface area (Å²) in [4.78, 5) is 0. The highest BCUT2D eigenvalue weighted by Crippen LogP contribution is 2.53. The number of halogens is 1. The van der Waals surface area contributed by atoms with E-state index >= 15 is 0 Å². The maximum atomic E-state index is 10.6. The second-order valence-electron chi connectivity index (χ2n) is 5.81. The third-order valence-electron chi connectivity index (χ3n) is 4.67. The van der Waals surface area contributed by atoms with Crippen LogP contribution in [0.2, 0.25) is 0 Å². The first-order valence-corrected chi connectivity index (χ1v) is 7.38. The van der Waals surface area contributed by atoms with Gasteiger partial charge in [-0.1, -0.05) is 40.0 Å². The van der Waals surface area contributed by atoms with Crippen LogP contribution in [0.1, 0.15) is 42.9 Å². The second-order valence-corrected chi connectivity index (χ2v) is 6.66. The number of benzene rings is 1. The van der Waals surface area contributed by atoms with Gasteiger partial charge in [-0.25, -0.2) is 0 Å². The van der Waals surface area contributed by atoms with E-state index in [1.54, 1.807) is 0 Å². The third-order valence-corrected chi connectivity index (χ3v) is 5.39. The zero-order valence-corrected chi connectivity index (χ0v) is 11.8. The first-order chi connectivity index (χ1) is 8.15. The van der Waals surface area contributed by atoms with Gasteiger partial charge < -0.3 is 5.11 Å². The minimum absolute atomic E-state index is 0.278. The molecule has 1 N–H and O–H groups in total. The Labute approximate surface area is 111 Å². The number of fused-ring (bicyclic) bond motifs is 2. The van der Waals surface area contributed by atoms with E-state index in [0.29, 0.717) is 5.92 Å². The quantitative estimate of drug-likeness (QED) is 0.865. The minimum atomic E-state index is -0.278. The first-order valence-electron chi connectivity index (χ1n) is 6.59. The fraction of sp³-hybridized carbons (Fsp3) is 0.600. The fourth-order valence-corrected chi connectivity index (χ4v) is 4.28. The van der Waals surface area contributed by atoms with E-state index in [-0.39, 0.29) is 6.10 Å². The normalized spacial score (nSPS) is 33.0. The van der Waals surface area contributed by atoms with Crippen molar-refractivity contribution in [2.75, 3.05) is 0 Å². The third kappa shape index (κ3) is 2.06. The van der Waals surface area contributed by atoms with Gasteiger partial charge in [0.25, 0.3) is 0 Å². The van der Waals surface area contributed by atoms with E-state index in [1.165, 1.54) is 31.2 Å². The standard InChI is InChI=1S/C15H19BrO/c1-9-2-5-14(16)13(6-9)15(17)12-8-10-3-4-11(12)7-10/h2,5-6,10-12,15,17H,3-4,7-8H2,1H3. The lowest BCUT2D eigenvalue weighted by molar-refractivity contribution is 0.0739. The fourth-order valence-electron chi connectivity index (χ4n) is 3.80. The smallest absolute Gasteiger partial charge is 0.0831 e. The predicted molar refractivity (Wildman–Crippen MR) is 72.8 cm³/mol. The van der Waals surface area contributed by atoms with Gasteiger partial charge in [-0.2, -0.15) is 0 Å². The van der Waals surface area contributed by atoms with Crippen LogP contribution < -0.4 is 0 Å². The molecular weight excluding hydrogens is 276 g/mol. The van der Waals surface area contributed by atoms with E-state index in [0.717, 1.165) is 21.9 Å². The van der Waals surface area contributed by atoms with Gasteiger partial charge in [0.2, 0.25) is 0 Å². The van der Waals surface area contributed by atoms with E-state index in [4.69, 9.17) is 0 Å². The topological polar surface area (TPSA) is 20.2 Å². The Morgan fingerprint density at radius 3 is 2.76 bits per heavy atom. The summed E-state index contributed by atoms with van der Waals surface area (Å²) in [5, 5.41) is 10.6. The molecule has 0 aliphatic heterocycles. The molecule has 2 fully saturated rings. The van der Waals surface area contributed by atoms with Gasteiger partial charge in [0.1, 0.15) is 0 Å². The molecule has 92 valence electrons. The van der Waals surface area contributed by atoms with E-state index < -0.39 is 0 Å². The van der Waals surface area contributed by atoms with Crippen molar-refractivity contribution in [1.82, 2.24) is 0 Å². The van der Waals surface area contributed by atoms with Gasteiger partial charge in [-0.05, 0) is 55.6 Å². The maximum Gasteiger partial charge on any atom is 0.0831 e. The summed E-state index contributed by atoms with van der Waals surface area (Å²) < 4.78 is 1.05. The Morgan fingerprint density at radius 1 is 1.29 bits per heavy atom. The summed E-state index contributed by atoms with van der Waals surface area (Å²) in [5.74, 6) is 2.15. The molecule has 2 bridgehead atoms. The van der Waals surface area contributed by atoms with Crippen LogP contribution in [0.5, 0.6) is 0 Å². The number of aryl methyl sites for hydroxylation is 1. The zero-order valence-electron chi connectivity index (χ0n) is 10.2. The summed E-state index contributed by atoms with van der Waals surface area (Å²) in [7, 11) is 0. The van der Waals surface area contributed by atoms with Crippen LogP contribution in [0, 0.1) is 24.7 Å². The van der Waals surface area contributed by atoms with Gasteiger partial charge in [0, 0.05) is 4.47 Å². The second kappa shape index (κ2) is 4.40. The monoisotopic (exact) mass is 294 g/mol. The summed E-state index contributed by atoms with van der Waals surface area (Å²) >= 11 is 3.57. The van der Waals surface area contributed by atoms with Crippen molar-refractivity contribution in [1.29, 1.82) is 0 Å². The molecule has 2 aliphatic rings. The lowest BCUT2D eigenvalue weighted by atomic mass is 9.82. The average Bonchev–Trinajstić information content (AvgIpc) is 2.93. The van der Waals surface area contributed by atoms with Crippen molar-refractivity contribution in [2.45, 2.75) is 38.7 Å². The molecule has 0 amide bonds. The van der Waals surface area contributed by atoms with Crippen molar-refractivity contribution in [2.24, 2.45) is 17.8 Å². The first kappa shape index (κ1) is 11.7. The van der Waals surface area contributed by atoms with Crippen molar-refractivity contribution in [3.05, 3.63) is 33.8 Å². The highest BCUT2D eigenvalue weighted by molar-refractivity contribution is 9.10. The Bertz CT molecular complexity index is 429. The zero-order chi connectivity index (χ0) is 12.0. The molecule has 4 unspecified atom stereocenters. The largest absolute Gasteiger partial charge is 0.388 e. The van der Waals surface area contributed by atoms with Crippen molar-refractivity contribution in [3.63, 3.8) is 0 Å². The van der Waals surface area contributed by atoms with Crippen LogP contribution in [0.25, 0.3) is 0 Å². The van der Waals surface area contributed by atoms with E-state index in [9.17, 15) is 5.11 Å². The number of hydrogen-bond donors (Lipinski definition) is 1. The molecule has 3 rings (SSSR count). The Morgan fingerprint density at radius 2 is 2.12 bits per heavy atom. The Hall–Kier alpha value is -0.340. The van der Waals surface area contributed by atoms with Crippen molar-refractivity contribution in [3.8, 4) is 0 Å². The summed E-state index contributed by atoms with van der Waals surface area (Å²) in [6.45, 7) is 2.09. The number of rotatable bonds is 2. The van der Waals surface area contributed by atoms with Crippen LogP contribution in [0.15, 0.2) is 22.7 Å². The predicted octanol–water partition coefficient (Wildman–Crippen LogP) is 4.23. The van der Waals surface area contributed by atoms with Gasteiger partial charge in [0.15, 0.2) is 0 Å². The van der Waals surface area contributed by atoms with Crippen molar-refractivity contribution < 1.29 is 5.11 Å². The van der Waals surface area contributed by atoms with Crippen molar-refractivity contribution >= 4 is 15.9 Å². The Balaban J connectivity index is 1.86. The molecule has 2 aliphatic carbocycles. The lowest BCUT2D eigenvalue weighted by Crippen LogP contribution is -2.19. The molecular formula is C15H19BrO. The molecule has 0 spiro atoms. The van der Waals surface area contributed by atoms with Crippen LogP contribution in [-0.2, 0) is 0 Å². The molecule has 0 aromatic heterocycles. The summed E-state index contributed by atoms with van der Waals surface area (Å²) in [6.07, 6.45) is 5.02. The molecule has 17 heavy (non-hydrogen) atoms. The molecule has 1 nitrogen and oxygen atoms in total. The van der Waals surface area contributed by atoms with Gasteiger partial charge in [-0.3, -0.25) is 0 Å². The van der Waals surface area contributed by atoms with Crippen LogP contribution in [-0.4, -0.2) is 5.11 Å². The van der Waals surface area contributed by atoms with Crippen LogP contribution >= 0.6 is 15.9 Å². The molecule has 0 radical (unpaired) electrons. The highest BCUT2D eigenvalue weighted by Gasteiger charge is 2.43. The van der Waals surface area contributed by atoms with Gasteiger partial charge >= 0.3 is 0 Å². The number of hydrogen-bond acceptors (Lipinski definition) is 1. The SMILES string of the molecule is Cc1ccc(Br)c(C(O)C2CC3CCC2C3)c1. The molecule has 1 aromatic rings. The highest BCUT2D eigenvalue weighted by atomic mass is 79.9. The molecule has 1 aromatic carbocycles. The minimum Gasteiger partial charge on any atom is -0.388 e. The number of aliphatic hydroxyl groups is 1. The van der Waals surface area contributed by atoms with Gasteiger partial charge in [0.05, 0.1) is 6.10 Å². The maximum absolute atomic E-state index is 10.6. The van der Waals surface area contributed by atoms with Gasteiger partial charge in [-0.15, -0.1) is 0 Å². The van der Waals surface area contributed by atoms with E-state index in [1.807, 2.05) is 0 Å². The van der Waals surface area contributed by atoms with Crippen LogP contribution in [0.3, 0.4) is 0 Å². The Kier molecular flexibility index (Phi) is 3.04. The van der Waals surface area contributed by atoms with E-state index in [2.05, 4.69) is 41.1 Å². The molecule has 2 heteroatoms. The molecule has 2 saturated carbocycles. The molecule has 0 heterocycles. The summed E-state index contributed by atoms with van der Waals surface area (Å²) in [5.41, 5.74) is 2.31. The number of aliphatic hydroxyl groups excluding tert-OH is 1. The summed E-state index contributed by atoms with van der Waals surface area (Å²) in [6, 6.07) is 6.27.